The van der Waals surface area contributed by atoms with Crippen molar-refractivity contribution in [2.45, 2.75) is 33.1 Å². The van der Waals surface area contributed by atoms with E-state index >= 15 is 0 Å². The highest BCUT2D eigenvalue weighted by molar-refractivity contribution is 6.06. The summed E-state index contributed by atoms with van der Waals surface area (Å²) in [5.74, 6) is -0.623. The number of ether oxygens (including phenoxy) is 1. The summed E-state index contributed by atoms with van der Waals surface area (Å²) in [6.45, 7) is 5.49. The molecule has 0 spiro atoms. The quantitative estimate of drug-likeness (QED) is 0.664. The van der Waals surface area contributed by atoms with Crippen molar-refractivity contribution in [3.63, 3.8) is 0 Å². The van der Waals surface area contributed by atoms with E-state index < -0.39 is 11.9 Å². The van der Waals surface area contributed by atoms with E-state index in [9.17, 15) is 14.4 Å². The maximum absolute atomic E-state index is 12.2. The van der Waals surface area contributed by atoms with Gasteiger partial charge in [-0.25, -0.2) is 4.79 Å². The fourth-order valence-electron chi connectivity index (χ4n) is 2.84. The third kappa shape index (κ3) is 4.81. The minimum absolute atomic E-state index is 0.173. The Hall–Kier alpha value is -2.37. The molecule has 1 N–H and O–H groups in total. The second kappa shape index (κ2) is 8.47. The molecule has 1 atom stereocenters. The van der Waals surface area contributed by atoms with E-state index in [0.717, 1.165) is 12.8 Å². The summed E-state index contributed by atoms with van der Waals surface area (Å²) >= 11 is 0. The maximum Gasteiger partial charge on any atom is 0.340 e. The lowest BCUT2D eigenvalue weighted by molar-refractivity contribution is -0.136. The number of benzene rings is 1. The van der Waals surface area contributed by atoms with Gasteiger partial charge >= 0.3 is 5.97 Å². The zero-order valence-corrected chi connectivity index (χ0v) is 14.2. The van der Waals surface area contributed by atoms with Crippen LogP contribution in [0.3, 0.4) is 0 Å². The maximum atomic E-state index is 12.2. The second-order valence-corrected chi connectivity index (χ2v) is 6.08. The molecule has 24 heavy (non-hydrogen) atoms. The van der Waals surface area contributed by atoms with Crippen molar-refractivity contribution in [1.29, 1.82) is 0 Å². The molecule has 1 saturated heterocycles. The van der Waals surface area contributed by atoms with Crippen molar-refractivity contribution in [3.8, 4) is 0 Å². The highest BCUT2D eigenvalue weighted by atomic mass is 16.5. The van der Waals surface area contributed by atoms with Gasteiger partial charge in [0.1, 0.15) is 6.42 Å². The highest BCUT2D eigenvalue weighted by Gasteiger charge is 2.23. The molecule has 6 heteroatoms. The van der Waals surface area contributed by atoms with Gasteiger partial charge in [-0.1, -0.05) is 19.1 Å². The Morgan fingerprint density at radius 2 is 2.04 bits per heavy atom. The summed E-state index contributed by atoms with van der Waals surface area (Å²) < 4.78 is 4.97. The van der Waals surface area contributed by atoms with Crippen LogP contribution in [0.1, 0.15) is 43.5 Å². The van der Waals surface area contributed by atoms with Gasteiger partial charge in [-0.3, -0.25) is 9.59 Å². The molecule has 6 nitrogen and oxygen atoms in total. The Balaban J connectivity index is 1.97. The van der Waals surface area contributed by atoms with E-state index in [-0.39, 0.29) is 24.5 Å². The van der Waals surface area contributed by atoms with Crippen molar-refractivity contribution in [1.82, 2.24) is 4.90 Å². The standard InChI is InChI=1S/C18H24N2O4/c1-3-24-18(23)14-8-4-5-9-15(14)19-16(21)11-17(22)20-10-6-7-13(2)12-20/h4-5,8-9,13H,3,6-7,10-12H2,1-2H3,(H,19,21). The Kier molecular flexibility index (Phi) is 6.35. The number of piperidine rings is 1. The Bertz CT molecular complexity index is 615. The monoisotopic (exact) mass is 332 g/mol. The minimum atomic E-state index is -0.496. The summed E-state index contributed by atoms with van der Waals surface area (Å²) in [6, 6.07) is 6.62. The lowest BCUT2D eigenvalue weighted by Crippen LogP contribution is -2.40. The summed E-state index contributed by atoms with van der Waals surface area (Å²) in [6.07, 6.45) is 1.87. The molecule has 1 aliphatic heterocycles. The molecule has 0 aromatic heterocycles. The molecule has 0 saturated carbocycles. The van der Waals surface area contributed by atoms with Crippen LogP contribution >= 0.6 is 0 Å². The van der Waals surface area contributed by atoms with Crippen LogP contribution in [-0.2, 0) is 14.3 Å². The van der Waals surface area contributed by atoms with E-state index in [2.05, 4.69) is 12.2 Å². The molecule has 1 aromatic carbocycles. The average Bonchev–Trinajstić information content (AvgIpc) is 2.55. The zero-order valence-electron chi connectivity index (χ0n) is 14.2. The zero-order chi connectivity index (χ0) is 17.5. The van der Waals surface area contributed by atoms with Crippen LogP contribution in [0.4, 0.5) is 5.69 Å². The highest BCUT2D eigenvalue weighted by Crippen LogP contribution is 2.18. The molecule has 1 aliphatic rings. The molecule has 1 heterocycles. The van der Waals surface area contributed by atoms with Crippen LogP contribution in [0.2, 0.25) is 0 Å². The van der Waals surface area contributed by atoms with Crippen LogP contribution in [-0.4, -0.2) is 42.4 Å². The van der Waals surface area contributed by atoms with Gasteiger partial charge in [-0.05, 0) is 37.8 Å². The van der Waals surface area contributed by atoms with Crippen molar-refractivity contribution in [2.75, 3.05) is 25.0 Å². The van der Waals surface area contributed by atoms with E-state index in [1.165, 1.54) is 0 Å². The Morgan fingerprint density at radius 3 is 2.75 bits per heavy atom. The summed E-state index contributed by atoms with van der Waals surface area (Å²) in [5.41, 5.74) is 0.646. The lowest BCUT2D eigenvalue weighted by atomic mass is 10.00. The molecule has 1 unspecified atom stereocenters. The number of anilines is 1. The third-order valence-corrected chi connectivity index (χ3v) is 4.02. The van der Waals surface area contributed by atoms with Gasteiger partial charge < -0.3 is 15.0 Å². The SMILES string of the molecule is CCOC(=O)c1ccccc1NC(=O)CC(=O)N1CCCC(C)C1. The molecule has 0 aliphatic carbocycles. The normalized spacial score (nSPS) is 17.2. The molecule has 1 aromatic rings. The molecular formula is C18H24N2O4. The number of rotatable bonds is 5. The van der Waals surface area contributed by atoms with Gasteiger partial charge in [0, 0.05) is 13.1 Å². The molecule has 1 fully saturated rings. The van der Waals surface area contributed by atoms with Crippen LogP contribution in [0.5, 0.6) is 0 Å². The number of nitrogens with one attached hydrogen (secondary N) is 1. The molecule has 2 amide bonds. The number of carbonyl (C=O) groups excluding carboxylic acids is 3. The van der Waals surface area contributed by atoms with E-state index in [1.54, 1.807) is 36.1 Å². The van der Waals surface area contributed by atoms with Gasteiger partial charge in [0.15, 0.2) is 0 Å². The smallest absolute Gasteiger partial charge is 0.340 e. The van der Waals surface area contributed by atoms with Crippen molar-refractivity contribution < 1.29 is 19.1 Å². The topological polar surface area (TPSA) is 75.7 Å². The third-order valence-electron chi connectivity index (χ3n) is 4.02. The number of hydrogen-bond acceptors (Lipinski definition) is 4. The van der Waals surface area contributed by atoms with Crippen LogP contribution in [0, 0.1) is 5.92 Å². The lowest BCUT2D eigenvalue weighted by Gasteiger charge is -2.30. The number of para-hydroxylation sites is 1. The molecule has 130 valence electrons. The number of nitrogens with zero attached hydrogens (tertiary/aromatic N) is 1. The van der Waals surface area contributed by atoms with Gasteiger partial charge in [-0.15, -0.1) is 0 Å². The van der Waals surface area contributed by atoms with Gasteiger partial charge in [0.2, 0.25) is 11.8 Å². The van der Waals surface area contributed by atoms with Gasteiger partial charge in [0.25, 0.3) is 0 Å². The van der Waals surface area contributed by atoms with Crippen molar-refractivity contribution in [3.05, 3.63) is 29.8 Å². The number of likely N-dealkylation sites (tertiary alicyclic amines) is 1. The number of carbonyl (C=O) groups is 3. The first-order chi connectivity index (χ1) is 11.5. The fourth-order valence-corrected chi connectivity index (χ4v) is 2.84. The number of amides is 2. The predicted molar refractivity (Wildman–Crippen MR) is 90.6 cm³/mol. The Morgan fingerprint density at radius 1 is 1.29 bits per heavy atom. The van der Waals surface area contributed by atoms with Gasteiger partial charge in [-0.2, -0.15) is 0 Å². The largest absolute Gasteiger partial charge is 0.462 e. The van der Waals surface area contributed by atoms with Crippen LogP contribution in [0.15, 0.2) is 24.3 Å². The van der Waals surface area contributed by atoms with Crippen LogP contribution < -0.4 is 5.32 Å². The average molecular weight is 332 g/mol. The summed E-state index contributed by atoms with van der Waals surface area (Å²) in [4.78, 5) is 38.1. The first kappa shape index (κ1) is 18.0. The Labute approximate surface area is 142 Å². The number of esters is 1. The van der Waals surface area contributed by atoms with Crippen molar-refractivity contribution >= 4 is 23.5 Å². The van der Waals surface area contributed by atoms with Crippen molar-refractivity contribution in [2.24, 2.45) is 5.92 Å². The van der Waals surface area contributed by atoms with E-state index in [4.69, 9.17) is 4.74 Å². The first-order valence-electron chi connectivity index (χ1n) is 8.35. The first-order valence-corrected chi connectivity index (χ1v) is 8.35. The van der Waals surface area contributed by atoms with Gasteiger partial charge in [0.05, 0.1) is 17.9 Å². The summed E-state index contributed by atoms with van der Waals surface area (Å²) in [5, 5.41) is 2.64. The number of hydrogen-bond donors (Lipinski definition) is 1. The molecule has 0 bridgehead atoms. The molecule has 2 rings (SSSR count). The second-order valence-electron chi connectivity index (χ2n) is 6.08. The minimum Gasteiger partial charge on any atom is -0.462 e. The molecular weight excluding hydrogens is 308 g/mol. The van der Waals surface area contributed by atoms with Crippen LogP contribution in [0.25, 0.3) is 0 Å². The predicted octanol–water partition coefficient (Wildman–Crippen LogP) is 2.45. The summed E-state index contributed by atoms with van der Waals surface area (Å²) in [7, 11) is 0. The van der Waals surface area contributed by atoms with E-state index in [0.29, 0.717) is 24.7 Å². The van der Waals surface area contributed by atoms with E-state index in [1.807, 2.05) is 0 Å². The fraction of sp³-hybridized carbons (Fsp3) is 0.500. The molecule has 0 radical (unpaired) electrons.